The summed E-state index contributed by atoms with van der Waals surface area (Å²) in [6, 6.07) is 12.1. The number of phenols is 1. The predicted octanol–water partition coefficient (Wildman–Crippen LogP) is 3.15. The minimum Gasteiger partial charge on any atom is -0.504 e. The molecule has 0 spiro atoms. The first kappa shape index (κ1) is 19.7. The van der Waals surface area contributed by atoms with Crippen LogP contribution in [-0.2, 0) is 4.79 Å². The van der Waals surface area contributed by atoms with Gasteiger partial charge in [-0.05, 0) is 29.8 Å². The van der Waals surface area contributed by atoms with E-state index in [1.54, 1.807) is 12.1 Å². The van der Waals surface area contributed by atoms with Crippen LogP contribution in [0.15, 0.2) is 47.6 Å². The van der Waals surface area contributed by atoms with Gasteiger partial charge in [0.15, 0.2) is 11.5 Å². The first-order valence-corrected chi connectivity index (χ1v) is 9.33. The normalized spacial score (nSPS) is 10.9. The summed E-state index contributed by atoms with van der Waals surface area (Å²) in [7, 11) is 1.43. The van der Waals surface area contributed by atoms with Gasteiger partial charge in [-0.3, -0.25) is 9.59 Å². The van der Waals surface area contributed by atoms with Crippen molar-refractivity contribution in [3.8, 4) is 11.5 Å². The Morgan fingerprint density at radius 1 is 1.29 bits per heavy atom. The summed E-state index contributed by atoms with van der Waals surface area (Å²) >= 11 is 7.52. The highest BCUT2D eigenvalue weighted by Gasteiger charge is 2.17. The van der Waals surface area contributed by atoms with Crippen molar-refractivity contribution in [1.29, 1.82) is 0 Å². The van der Waals surface area contributed by atoms with Gasteiger partial charge in [-0.2, -0.15) is 5.10 Å². The molecular weight excluding hydrogens is 402 g/mol. The smallest absolute Gasteiger partial charge is 0.263 e. The molecule has 0 unspecified atom stereocenters. The molecule has 0 saturated carbocycles. The van der Waals surface area contributed by atoms with E-state index >= 15 is 0 Å². The van der Waals surface area contributed by atoms with E-state index in [0.29, 0.717) is 21.2 Å². The first-order valence-electron chi connectivity index (χ1n) is 8.13. The molecule has 1 aromatic heterocycles. The van der Waals surface area contributed by atoms with Crippen molar-refractivity contribution in [1.82, 2.24) is 10.7 Å². The number of hydrogen-bond donors (Lipinski definition) is 3. The zero-order valence-corrected chi connectivity index (χ0v) is 16.3. The Morgan fingerprint density at radius 3 is 2.82 bits per heavy atom. The number of carbonyl (C=O) groups excluding carboxylic acids is 2. The van der Waals surface area contributed by atoms with Crippen molar-refractivity contribution in [2.24, 2.45) is 5.10 Å². The number of hydrogen-bond acceptors (Lipinski definition) is 6. The molecule has 0 aliphatic rings. The minimum absolute atomic E-state index is 0.00583. The number of ether oxygens (including phenoxy) is 1. The summed E-state index contributed by atoms with van der Waals surface area (Å²) in [5.41, 5.74) is 2.94. The molecule has 0 radical (unpaired) electrons. The van der Waals surface area contributed by atoms with Gasteiger partial charge in [0, 0.05) is 10.1 Å². The molecule has 144 valence electrons. The number of rotatable bonds is 6. The molecule has 0 saturated heterocycles. The largest absolute Gasteiger partial charge is 0.504 e. The fourth-order valence-corrected chi connectivity index (χ4v) is 3.83. The molecule has 3 N–H and O–H groups in total. The monoisotopic (exact) mass is 417 g/mol. The third kappa shape index (κ3) is 4.41. The standard InChI is InChI=1S/C19H16ClN3O4S/c1-27-14-8-11(6-7-13(14)24)9-22-23-16(25)10-21-19(26)18-17(20)12-4-2-3-5-15(12)28-18/h2-9,24H,10H2,1H3,(H,21,26)(H,23,25)/b22-9-. The van der Waals surface area contributed by atoms with Gasteiger partial charge in [0.25, 0.3) is 11.8 Å². The van der Waals surface area contributed by atoms with Crippen LogP contribution >= 0.6 is 22.9 Å². The maximum atomic E-state index is 12.3. The van der Waals surface area contributed by atoms with Gasteiger partial charge < -0.3 is 15.2 Å². The summed E-state index contributed by atoms with van der Waals surface area (Å²) in [6.07, 6.45) is 1.39. The van der Waals surface area contributed by atoms with Crippen molar-refractivity contribution in [3.05, 3.63) is 57.9 Å². The van der Waals surface area contributed by atoms with Crippen molar-refractivity contribution < 1.29 is 19.4 Å². The maximum absolute atomic E-state index is 12.3. The molecule has 2 amide bonds. The van der Waals surface area contributed by atoms with Gasteiger partial charge in [-0.25, -0.2) is 5.43 Å². The lowest BCUT2D eigenvalue weighted by Gasteiger charge is -2.04. The van der Waals surface area contributed by atoms with Crippen LogP contribution in [0, 0.1) is 0 Å². The fourth-order valence-electron chi connectivity index (χ4n) is 2.39. The lowest BCUT2D eigenvalue weighted by molar-refractivity contribution is -0.120. The second-order valence-electron chi connectivity index (χ2n) is 5.65. The van der Waals surface area contributed by atoms with Crippen LogP contribution in [0.1, 0.15) is 15.2 Å². The fraction of sp³-hybridized carbons (Fsp3) is 0.105. The van der Waals surface area contributed by atoms with Crippen molar-refractivity contribution >= 4 is 51.1 Å². The quantitative estimate of drug-likeness (QED) is 0.423. The number of amides is 2. The first-order chi connectivity index (χ1) is 13.5. The number of benzene rings is 2. The number of methoxy groups -OCH3 is 1. The number of hydrazone groups is 1. The SMILES string of the molecule is COc1cc(/C=N\NC(=O)CNC(=O)c2sc3ccccc3c2Cl)ccc1O. The van der Waals surface area contributed by atoms with Gasteiger partial charge in [-0.15, -0.1) is 11.3 Å². The number of fused-ring (bicyclic) bond motifs is 1. The highest BCUT2D eigenvalue weighted by Crippen LogP contribution is 2.34. The molecule has 0 bridgehead atoms. The molecule has 7 nitrogen and oxygen atoms in total. The Balaban J connectivity index is 1.55. The Kier molecular flexibility index (Phi) is 6.13. The lowest BCUT2D eigenvalue weighted by Crippen LogP contribution is -2.34. The number of aromatic hydroxyl groups is 1. The minimum atomic E-state index is -0.493. The molecule has 3 aromatic rings. The molecule has 0 atom stereocenters. The van der Waals surface area contributed by atoms with Crippen LogP contribution in [0.2, 0.25) is 5.02 Å². The average Bonchev–Trinajstić information content (AvgIpc) is 3.04. The van der Waals surface area contributed by atoms with Gasteiger partial charge in [0.05, 0.1) is 24.9 Å². The van der Waals surface area contributed by atoms with Gasteiger partial charge in [0.1, 0.15) is 4.88 Å². The van der Waals surface area contributed by atoms with E-state index in [-0.39, 0.29) is 12.3 Å². The van der Waals surface area contributed by atoms with E-state index in [2.05, 4.69) is 15.8 Å². The van der Waals surface area contributed by atoms with Crippen LogP contribution in [-0.4, -0.2) is 36.8 Å². The van der Waals surface area contributed by atoms with Crippen LogP contribution in [0.4, 0.5) is 0 Å². The summed E-state index contributed by atoms with van der Waals surface area (Å²) < 4.78 is 5.89. The average molecular weight is 418 g/mol. The van der Waals surface area contributed by atoms with E-state index in [0.717, 1.165) is 10.1 Å². The van der Waals surface area contributed by atoms with Crippen LogP contribution < -0.4 is 15.5 Å². The third-order valence-electron chi connectivity index (χ3n) is 3.76. The number of nitrogens with zero attached hydrogens (tertiary/aromatic N) is 1. The summed E-state index contributed by atoms with van der Waals surface area (Å²) in [5, 5.41) is 17.1. The summed E-state index contributed by atoms with van der Waals surface area (Å²) in [4.78, 5) is 24.5. The van der Waals surface area contributed by atoms with Crippen molar-refractivity contribution in [3.63, 3.8) is 0 Å². The molecule has 1 heterocycles. The van der Waals surface area contributed by atoms with E-state index in [1.807, 2.05) is 24.3 Å². The Morgan fingerprint density at radius 2 is 2.07 bits per heavy atom. The maximum Gasteiger partial charge on any atom is 0.263 e. The number of carbonyl (C=O) groups is 2. The predicted molar refractivity (Wildman–Crippen MR) is 110 cm³/mol. The highest BCUT2D eigenvalue weighted by atomic mass is 35.5. The van der Waals surface area contributed by atoms with E-state index in [1.165, 1.54) is 30.7 Å². The zero-order chi connectivity index (χ0) is 20.1. The Hall–Kier alpha value is -3.10. The van der Waals surface area contributed by atoms with Gasteiger partial charge >= 0.3 is 0 Å². The second kappa shape index (κ2) is 8.73. The number of nitrogens with one attached hydrogen (secondary N) is 2. The van der Waals surface area contributed by atoms with Crippen LogP contribution in [0.25, 0.3) is 10.1 Å². The van der Waals surface area contributed by atoms with E-state index in [4.69, 9.17) is 16.3 Å². The van der Waals surface area contributed by atoms with Crippen molar-refractivity contribution in [2.45, 2.75) is 0 Å². The lowest BCUT2D eigenvalue weighted by atomic mass is 10.2. The van der Waals surface area contributed by atoms with Crippen LogP contribution in [0.3, 0.4) is 0 Å². The zero-order valence-electron chi connectivity index (χ0n) is 14.7. The van der Waals surface area contributed by atoms with E-state index in [9.17, 15) is 14.7 Å². The highest BCUT2D eigenvalue weighted by molar-refractivity contribution is 7.21. The molecule has 0 fully saturated rings. The number of phenolic OH excluding ortho intramolecular Hbond substituents is 1. The third-order valence-corrected chi connectivity index (χ3v) is 5.43. The van der Waals surface area contributed by atoms with Gasteiger partial charge in [0.2, 0.25) is 0 Å². The molecule has 0 aliphatic heterocycles. The Labute approximate surface area is 169 Å². The van der Waals surface area contributed by atoms with Gasteiger partial charge in [-0.1, -0.05) is 29.8 Å². The van der Waals surface area contributed by atoms with Crippen molar-refractivity contribution in [2.75, 3.05) is 13.7 Å². The number of thiophene rings is 1. The van der Waals surface area contributed by atoms with Crippen LogP contribution in [0.5, 0.6) is 11.5 Å². The molecule has 2 aromatic carbocycles. The molecule has 9 heteroatoms. The molecule has 0 aliphatic carbocycles. The summed E-state index contributed by atoms with van der Waals surface area (Å²) in [6.45, 7) is -0.250. The molecule has 28 heavy (non-hydrogen) atoms. The molecular formula is C19H16ClN3O4S. The summed E-state index contributed by atoms with van der Waals surface area (Å²) in [5.74, 6) is -0.616. The second-order valence-corrected chi connectivity index (χ2v) is 7.08. The number of halogens is 1. The molecule has 3 rings (SSSR count). The Bertz CT molecular complexity index is 1060. The van der Waals surface area contributed by atoms with E-state index < -0.39 is 11.8 Å². The topological polar surface area (TPSA) is 100 Å².